The highest BCUT2D eigenvalue weighted by Crippen LogP contribution is 2.28. The first kappa shape index (κ1) is 23.7. The van der Waals surface area contributed by atoms with E-state index in [1.54, 1.807) is 31.2 Å². The summed E-state index contributed by atoms with van der Waals surface area (Å²) in [4.78, 5) is 40.0. The van der Waals surface area contributed by atoms with Crippen LogP contribution in [0.2, 0.25) is 0 Å². The van der Waals surface area contributed by atoms with Crippen molar-refractivity contribution in [2.24, 2.45) is 0 Å². The summed E-state index contributed by atoms with van der Waals surface area (Å²) in [5, 5.41) is 16.0. The summed E-state index contributed by atoms with van der Waals surface area (Å²) in [6, 6.07) is 14.7. The number of amides is 2. The topological polar surface area (TPSA) is 108 Å². The van der Waals surface area contributed by atoms with E-state index >= 15 is 0 Å². The number of nitrogens with zero attached hydrogens (tertiary/aromatic N) is 1. The van der Waals surface area contributed by atoms with Gasteiger partial charge in [0.15, 0.2) is 5.13 Å². The third-order valence-corrected chi connectivity index (χ3v) is 6.45. The van der Waals surface area contributed by atoms with E-state index in [1.165, 1.54) is 23.1 Å². The van der Waals surface area contributed by atoms with Crippen LogP contribution in [0, 0.1) is 0 Å². The van der Waals surface area contributed by atoms with Crippen molar-refractivity contribution in [3.63, 3.8) is 0 Å². The number of anilines is 2. The maximum Gasteiger partial charge on any atom is 0.328 e. The Kier molecular flexibility index (Phi) is 8.20. The number of thioether (sulfide) groups is 1. The van der Waals surface area contributed by atoms with Crippen LogP contribution in [0.25, 0.3) is 11.3 Å². The highest BCUT2D eigenvalue weighted by molar-refractivity contribution is 9.10. The number of thiazole rings is 1. The van der Waals surface area contributed by atoms with Crippen molar-refractivity contribution in [1.82, 2.24) is 4.98 Å². The minimum Gasteiger partial charge on any atom is -0.478 e. The van der Waals surface area contributed by atoms with E-state index < -0.39 is 11.9 Å². The third kappa shape index (κ3) is 7.04. The lowest BCUT2D eigenvalue weighted by Crippen LogP contribution is -2.22. The lowest BCUT2D eigenvalue weighted by molar-refractivity contribution is -0.131. The van der Waals surface area contributed by atoms with Crippen LogP contribution in [0.5, 0.6) is 0 Å². The fraction of sp³-hybridized carbons (Fsp3) is 0.0909. The van der Waals surface area contributed by atoms with Crippen molar-refractivity contribution in [2.75, 3.05) is 10.6 Å². The Balaban J connectivity index is 1.54. The van der Waals surface area contributed by atoms with Crippen LogP contribution in [0.1, 0.15) is 6.92 Å². The summed E-state index contributed by atoms with van der Waals surface area (Å²) in [6.45, 7) is 1.80. The number of carbonyl (C=O) groups excluding carboxylic acids is 2. The van der Waals surface area contributed by atoms with Gasteiger partial charge in [-0.1, -0.05) is 28.1 Å². The van der Waals surface area contributed by atoms with E-state index in [1.807, 2.05) is 29.6 Å². The average Bonchev–Trinajstić information content (AvgIpc) is 3.22. The molecular formula is C22H18BrN3O4S2. The Bertz CT molecular complexity index is 1140. The molecule has 32 heavy (non-hydrogen) atoms. The summed E-state index contributed by atoms with van der Waals surface area (Å²) in [5.41, 5.74) is 2.29. The van der Waals surface area contributed by atoms with Gasteiger partial charge in [-0.3, -0.25) is 9.59 Å². The van der Waals surface area contributed by atoms with Gasteiger partial charge in [-0.15, -0.1) is 23.1 Å². The first-order valence-corrected chi connectivity index (χ1v) is 11.9. The second-order valence-corrected chi connectivity index (χ2v) is 9.67. The highest BCUT2D eigenvalue weighted by Gasteiger charge is 2.16. The normalized spacial score (nSPS) is 11.8. The van der Waals surface area contributed by atoms with E-state index in [2.05, 4.69) is 31.5 Å². The molecular weight excluding hydrogens is 514 g/mol. The van der Waals surface area contributed by atoms with Gasteiger partial charge in [0.1, 0.15) is 0 Å². The molecule has 0 aliphatic carbocycles. The largest absolute Gasteiger partial charge is 0.478 e. The molecule has 1 heterocycles. The van der Waals surface area contributed by atoms with E-state index in [9.17, 15) is 14.4 Å². The number of aliphatic carboxylic acids is 1. The number of hydrogen-bond acceptors (Lipinski definition) is 6. The van der Waals surface area contributed by atoms with E-state index in [0.717, 1.165) is 32.8 Å². The molecule has 3 rings (SSSR count). The van der Waals surface area contributed by atoms with Gasteiger partial charge in [-0.25, -0.2) is 9.78 Å². The Labute approximate surface area is 201 Å². The smallest absolute Gasteiger partial charge is 0.328 e. The molecule has 1 aromatic heterocycles. The molecule has 7 nitrogen and oxygen atoms in total. The van der Waals surface area contributed by atoms with E-state index in [0.29, 0.717) is 10.8 Å². The molecule has 10 heteroatoms. The molecule has 0 spiro atoms. The fourth-order valence-corrected chi connectivity index (χ4v) is 4.35. The molecule has 2 amide bonds. The van der Waals surface area contributed by atoms with Crippen molar-refractivity contribution in [3.05, 3.63) is 70.5 Å². The zero-order valence-electron chi connectivity index (χ0n) is 16.7. The zero-order valence-corrected chi connectivity index (χ0v) is 20.0. The summed E-state index contributed by atoms with van der Waals surface area (Å²) >= 11 is 6.15. The maximum atomic E-state index is 12.6. The molecule has 164 valence electrons. The van der Waals surface area contributed by atoms with Gasteiger partial charge in [0, 0.05) is 38.2 Å². The van der Waals surface area contributed by atoms with Crippen LogP contribution >= 0.6 is 39.0 Å². The number of rotatable bonds is 8. The van der Waals surface area contributed by atoms with Crippen molar-refractivity contribution in [2.45, 2.75) is 17.1 Å². The third-order valence-electron chi connectivity index (χ3n) is 4.06. The van der Waals surface area contributed by atoms with Gasteiger partial charge in [-0.2, -0.15) is 0 Å². The Morgan fingerprint density at radius 2 is 1.75 bits per heavy atom. The lowest BCUT2D eigenvalue weighted by Gasteiger charge is -2.11. The van der Waals surface area contributed by atoms with Crippen molar-refractivity contribution in [3.8, 4) is 11.3 Å². The molecule has 1 unspecified atom stereocenters. The maximum absolute atomic E-state index is 12.6. The number of aromatic nitrogens is 1. The number of carbonyl (C=O) groups is 3. The molecule has 0 bridgehead atoms. The molecule has 3 N–H and O–H groups in total. The van der Waals surface area contributed by atoms with Gasteiger partial charge in [0.25, 0.3) is 0 Å². The Morgan fingerprint density at radius 3 is 2.41 bits per heavy atom. The summed E-state index contributed by atoms with van der Waals surface area (Å²) < 4.78 is 0.987. The van der Waals surface area contributed by atoms with Crippen LogP contribution in [-0.2, 0) is 14.4 Å². The van der Waals surface area contributed by atoms with Crippen molar-refractivity contribution in [1.29, 1.82) is 0 Å². The zero-order chi connectivity index (χ0) is 23.1. The minimum atomic E-state index is -1.19. The number of nitrogens with one attached hydrogen (secondary N) is 2. The second kappa shape index (κ2) is 11.1. The summed E-state index contributed by atoms with van der Waals surface area (Å²) in [6.07, 6.45) is 1.71. The van der Waals surface area contributed by atoms with E-state index in [4.69, 9.17) is 5.11 Å². The Hall–Kier alpha value is -2.95. The number of carboxylic acid groups (broad SMARTS) is 1. The molecule has 3 aromatic rings. The summed E-state index contributed by atoms with van der Waals surface area (Å²) in [5.74, 6) is -1.89. The molecule has 0 aliphatic rings. The van der Waals surface area contributed by atoms with Gasteiger partial charge >= 0.3 is 5.97 Å². The quantitative estimate of drug-likeness (QED) is 0.270. The lowest BCUT2D eigenvalue weighted by atomic mass is 10.2. The molecule has 0 saturated heterocycles. The summed E-state index contributed by atoms with van der Waals surface area (Å²) in [7, 11) is 0. The highest BCUT2D eigenvalue weighted by atomic mass is 79.9. The van der Waals surface area contributed by atoms with Crippen LogP contribution in [0.15, 0.2) is 75.4 Å². The van der Waals surface area contributed by atoms with Crippen molar-refractivity contribution < 1.29 is 19.5 Å². The molecule has 2 aromatic carbocycles. The van der Waals surface area contributed by atoms with Gasteiger partial charge in [0.05, 0.1) is 10.9 Å². The Morgan fingerprint density at radius 1 is 1.06 bits per heavy atom. The molecule has 0 radical (unpaired) electrons. The van der Waals surface area contributed by atoms with Crippen LogP contribution < -0.4 is 10.6 Å². The average molecular weight is 532 g/mol. The SMILES string of the molecule is CC(Sc1ccc(NC(=O)/C=C/C(=O)O)cc1)C(=O)Nc1nc(-c2ccc(Br)cc2)cs1. The molecule has 0 aliphatic heterocycles. The number of benzene rings is 2. The van der Waals surface area contributed by atoms with Gasteiger partial charge in [-0.05, 0) is 43.3 Å². The number of halogens is 1. The van der Waals surface area contributed by atoms with Gasteiger partial charge < -0.3 is 15.7 Å². The second-order valence-electron chi connectivity index (χ2n) is 6.48. The van der Waals surface area contributed by atoms with Crippen LogP contribution in [-0.4, -0.2) is 33.1 Å². The van der Waals surface area contributed by atoms with Gasteiger partial charge in [0.2, 0.25) is 11.8 Å². The molecule has 0 fully saturated rings. The predicted molar refractivity (Wildman–Crippen MR) is 131 cm³/mol. The first-order chi connectivity index (χ1) is 15.3. The minimum absolute atomic E-state index is 0.164. The van der Waals surface area contributed by atoms with Crippen LogP contribution in [0.3, 0.4) is 0 Å². The van der Waals surface area contributed by atoms with Crippen molar-refractivity contribution >= 4 is 67.6 Å². The first-order valence-electron chi connectivity index (χ1n) is 9.31. The number of carboxylic acids is 1. The molecule has 1 atom stereocenters. The standard InChI is InChI=1S/C22H18BrN3O4S2/c1-13(32-17-8-6-16(7-9-17)24-19(27)10-11-20(28)29)21(30)26-22-25-18(12-31-22)14-2-4-15(23)5-3-14/h2-13H,1H3,(H,24,27)(H,28,29)(H,25,26,30)/b11-10+. The predicted octanol–water partition coefficient (Wildman–Crippen LogP) is 5.27. The monoisotopic (exact) mass is 531 g/mol. The van der Waals surface area contributed by atoms with E-state index in [-0.39, 0.29) is 11.2 Å². The number of hydrogen-bond donors (Lipinski definition) is 3. The fourth-order valence-electron chi connectivity index (χ4n) is 2.50. The van der Waals surface area contributed by atoms with Crippen LogP contribution in [0.4, 0.5) is 10.8 Å². The molecule has 0 saturated carbocycles.